The van der Waals surface area contributed by atoms with Gasteiger partial charge in [-0.15, -0.1) is 0 Å². The van der Waals surface area contributed by atoms with Gasteiger partial charge >= 0.3 is 0 Å². The molecule has 2 amide bonds. The number of hydrogen-bond acceptors (Lipinski definition) is 4. The summed E-state index contributed by atoms with van der Waals surface area (Å²) in [6.07, 6.45) is 3.27. The second-order valence-electron chi connectivity index (χ2n) is 5.23. The summed E-state index contributed by atoms with van der Waals surface area (Å²) in [6, 6.07) is 1.61. The van der Waals surface area contributed by atoms with Gasteiger partial charge in [0.25, 0.3) is 5.91 Å². The molecule has 1 aromatic rings. The number of rotatable bonds is 6. The normalized spacial score (nSPS) is 15.0. The van der Waals surface area contributed by atoms with Crippen molar-refractivity contribution in [1.82, 2.24) is 15.4 Å². The van der Waals surface area contributed by atoms with E-state index < -0.39 is 0 Å². The van der Waals surface area contributed by atoms with Crippen LogP contribution in [0.3, 0.4) is 0 Å². The number of carbonyl (C=O) groups excluding carboxylic acids is 2. The summed E-state index contributed by atoms with van der Waals surface area (Å²) in [5.74, 6) is 0.394. The van der Waals surface area contributed by atoms with E-state index in [4.69, 9.17) is 4.52 Å². The molecule has 1 N–H and O–H groups in total. The van der Waals surface area contributed by atoms with Crippen molar-refractivity contribution in [3.8, 4) is 0 Å². The Morgan fingerprint density at radius 2 is 2.20 bits per heavy atom. The predicted octanol–water partition coefficient (Wildman–Crippen LogP) is 1.36. The van der Waals surface area contributed by atoms with Crippen LogP contribution in [0.2, 0.25) is 0 Å². The zero-order valence-corrected chi connectivity index (χ0v) is 12.0. The molecule has 0 bridgehead atoms. The summed E-state index contributed by atoms with van der Waals surface area (Å²) in [6.45, 7) is 5.52. The molecule has 2 heterocycles. The van der Waals surface area contributed by atoms with Crippen LogP contribution in [0.4, 0.5) is 0 Å². The van der Waals surface area contributed by atoms with Gasteiger partial charge in [-0.3, -0.25) is 9.59 Å². The van der Waals surface area contributed by atoms with E-state index in [1.165, 1.54) is 0 Å². The van der Waals surface area contributed by atoms with E-state index in [9.17, 15) is 9.59 Å². The smallest absolute Gasteiger partial charge is 0.276 e. The van der Waals surface area contributed by atoms with E-state index >= 15 is 0 Å². The van der Waals surface area contributed by atoms with Gasteiger partial charge in [0, 0.05) is 25.7 Å². The molecule has 0 spiro atoms. The average molecular weight is 279 g/mol. The molecule has 0 aliphatic carbocycles. The zero-order chi connectivity index (χ0) is 14.5. The molecule has 0 aromatic carbocycles. The quantitative estimate of drug-likeness (QED) is 0.798. The van der Waals surface area contributed by atoms with Gasteiger partial charge in [-0.25, -0.2) is 0 Å². The zero-order valence-electron chi connectivity index (χ0n) is 12.0. The lowest BCUT2D eigenvalue weighted by atomic mass is 9.98. The first-order valence-corrected chi connectivity index (χ1v) is 7.12. The molecule has 0 radical (unpaired) electrons. The Hall–Kier alpha value is -1.85. The van der Waals surface area contributed by atoms with Crippen molar-refractivity contribution in [3.63, 3.8) is 0 Å². The van der Waals surface area contributed by atoms with E-state index in [0.717, 1.165) is 25.8 Å². The van der Waals surface area contributed by atoms with Crippen molar-refractivity contribution < 1.29 is 14.1 Å². The lowest BCUT2D eigenvalue weighted by Crippen LogP contribution is -2.55. The molecule has 110 valence electrons. The molecule has 0 atom stereocenters. The Bertz CT molecular complexity index is 478. The van der Waals surface area contributed by atoms with E-state index in [1.54, 1.807) is 17.9 Å². The number of unbranched alkanes of at least 4 members (excludes halogenated alkanes) is 2. The van der Waals surface area contributed by atoms with Crippen LogP contribution in [-0.4, -0.2) is 41.5 Å². The molecule has 0 saturated carbocycles. The molecular formula is C14H21N3O3. The summed E-state index contributed by atoms with van der Waals surface area (Å²) in [7, 11) is 0. The molecule has 6 heteroatoms. The maximum atomic E-state index is 12.0. The molecular weight excluding hydrogens is 258 g/mol. The Balaban J connectivity index is 1.71. The summed E-state index contributed by atoms with van der Waals surface area (Å²) in [4.78, 5) is 25.4. The number of likely N-dealkylation sites (tertiary alicyclic amines) is 1. The highest BCUT2D eigenvalue weighted by Gasteiger charge is 2.36. The van der Waals surface area contributed by atoms with E-state index in [0.29, 0.717) is 24.5 Å². The lowest BCUT2D eigenvalue weighted by molar-refractivity contribution is -0.128. The van der Waals surface area contributed by atoms with E-state index in [2.05, 4.69) is 17.4 Å². The van der Waals surface area contributed by atoms with Gasteiger partial charge in [0.15, 0.2) is 5.69 Å². The Labute approximate surface area is 118 Å². The number of hydrogen-bond donors (Lipinski definition) is 1. The van der Waals surface area contributed by atoms with Crippen LogP contribution in [0.1, 0.15) is 42.4 Å². The number of aryl methyl sites for hydroxylation is 1. The second kappa shape index (κ2) is 6.54. The number of nitrogens with zero attached hydrogens (tertiary/aromatic N) is 2. The number of aromatic nitrogens is 1. The Kier molecular flexibility index (Phi) is 4.76. The maximum absolute atomic E-state index is 12.0. The third-order valence-electron chi connectivity index (χ3n) is 3.47. The highest BCUT2D eigenvalue weighted by atomic mass is 16.5. The molecule has 20 heavy (non-hydrogen) atoms. The van der Waals surface area contributed by atoms with Gasteiger partial charge in [0.1, 0.15) is 5.76 Å². The van der Waals surface area contributed by atoms with Gasteiger partial charge < -0.3 is 14.7 Å². The fourth-order valence-electron chi connectivity index (χ4n) is 2.17. The van der Waals surface area contributed by atoms with Crippen LogP contribution in [-0.2, 0) is 4.79 Å². The van der Waals surface area contributed by atoms with Crippen molar-refractivity contribution in [2.24, 2.45) is 5.92 Å². The fourth-order valence-corrected chi connectivity index (χ4v) is 2.17. The number of nitrogens with one attached hydrogen (secondary N) is 1. The Morgan fingerprint density at radius 1 is 1.45 bits per heavy atom. The third-order valence-corrected chi connectivity index (χ3v) is 3.47. The van der Waals surface area contributed by atoms with Crippen molar-refractivity contribution in [3.05, 3.63) is 17.5 Å². The first-order chi connectivity index (χ1) is 9.61. The average Bonchev–Trinajstić information content (AvgIpc) is 2.79. The summed E-state index contributed by atoms with van der Waals surface area (Å²) in [5.41, 5.74) is 0.310. The predicted molar refractivity (Wildman–Crippen MR) is 73.2 cm³/mol. The van der Waals surface area contributed by atoms with Crippen molar-refractivity contribution in [2.75, 3.05) is 19.6 Å². The minimum atomic E-state index is -0.170. The molecule has 2 rings (SSSR count). The minimum absolute atomic E-state index is 0.0430. The number of carbonyl (C=O) groups is 2. The topological polar surface area (TPSA) is 75.4 Å². The third kappa shape index (κ3) is 3.37. The molecule has 0 unspecified atom stereocenters. The molecule has 6 nitrogen and oxygen atoms in total. The molecule has 1 aliphatic heterocycles. The van der Waals surface area contributed by atoms with Crippen LogP contribution < -0.4 is 5.32 Å². The van der Waals surface area contributed by atoms with E-state index in [1.807, 2.05) is 0 Å². The van der Waals surface area contributed by atoms with Crippen LogP contribution in [0.5, 0.6) is 0 Å². The first kappa shape index (κ1) is 14.6. The SMILES string of the molecule is CCCCCNC(=O)C1CN(C(=O)c2cc(C)on2)C1. The highest BCUT2D eigenvalue weighted by molar-refractivity contribution is 5.94. The van der Waals surface area contributed by atoms with Crippen molar-refractivity contribution in [2.45, 2.75) is 33.1 Å². The first-order valence-electron chi connectivity index (χ1n) is 7.12. The maximum Gasteiger partial charge on any atom is 0.276 e. The molecule has 1 aromatic heterocycles. The summed E-state index contributed by atoms with van der Waals surface area (Å²) < 4.78 is 4.88. The second-order valence-corrected chi connectivity index (χ2v) is 5.23. The van der Waals surface area contributed by atoms with Gasteiger partial charge in [-0.1, -0.05) is 24.9 Å². The molecule has 1 fully saturated rings. The largest absolute Gasteiger partial charge is 0.361 e. The fraction of sp³-hybridized carbons (Fsp3) is 0.643. The van der Waals surface area contributed by atoms with Crippen LogP contribution >= 0.6 is 0 Å². The van der Waals surface area contributed by atoms with Gasteiger partial charge in [0.2, 0.25) is 5.91 Å². The lowest BCUT2D eigenvalue weighted by Gasteiger charge is -2.37. The van der Waals surface area contributed by atoms with Gasteiger partial charge in [0.05, 0.1) is 5.92 Å². The molecule has 1 saturated heterocycles. The monoisotopic (exact) mass is 279 g/mol. The Morgan fingerprint density at radius 3 is 2.80 bits per heavy atom. The standard InChI is InChI=1S/C14H21N3O3/c1-3-4-5-6-15-13(18)11-8-17(9-11)14(19)12-7-10(2)20-16-12/h7,11H,3-6,8-9H2,1-2H3,(H,15,18). The van der Waals surface area contributed by atoms with Crippen LogP contribution in [0, 0.1) is 12.8 Å². The van der Waals surface area contributed by atoms with Gasteiger partial charge in [-0.2, -0.15) is 0 Å². The van der Waals surface area contributed by atoms with Gasteiger partial charge in [-0.05, 0) is 13.3 Å². The highest BCUT2D eigenvalue weighted by Crippen LogP contribution is 2.18. The summed E-state index contributed by atoms with van der Waals surface area (Å²) >= 11 is 0. The van der Waals surface area contributed by atoms with Crippen LogP contribution in [0.15, 0.2) is 10.6 Å². The molecule has 1 aliphatic rings. The van der Waals surface area contributed by atoms with Crippen molar-refractivity contribution in [1.29, 1.82) is 0 Å². The van der Waals surface area contributed by atoms with Crippen molar-refractivity contribution >= 4 is 11.8 Å². The summed E-state index contributed by atoms with van der Waals surface area (Å²) in [5, 5.41) is 6.60. The number of amides is 2. The minimum Gasteiger partial charge on any atom is -0.361 e. The van der Waals surface area contributed by atoms with E-state index in [-0.39, 0.29) is 17.7 Å². The van der Waals surface area contributed by atoms with Crippen LogP contribution in [0.25, 0.3) is 0 Å².